The minimum absolute atomic E-state index is 0.386. The molecule has 0 bridgehead atoms. The standard InChI is InChI=1S/C21H22N4O/c26-21(24-22-19-11-9-15-5-1-3-7-17(15)13-19)25-23-20-12-10-16-6-2-4-8-18(16)14-20/h1-8H,9-14H2,(H2,24,25,26)/b22-19+,23-20+. The van der Waals surface area contributed by atoms with Gasteiger partial charge in [-0.25, -0.2) is 15.6 Å². The number of carbonyl (C=O) groups excluding carboxylic acids is 1. The highest BCUT2D eigenvalue weighted by molar-refractivity contribution is 5.91. The molecule has 0 atom stereocenters. The molecule has 5 nitrogen and oxygen atoms in total. The molecule has 0 aliphatic heterocycles. The van der Waals surface area contributed by atoms with Crippen molar-refractivity contribution in [2.45, 2.75) is 38.5 Å². The Morgan fingerprint density at radius 1 is 0.654 bits per heavy atom. The van der Waals surface area contributed by atoms with Crippen molar-refractivity contribution in [1.82, 2.24) is 10.9 Å². The number of aryl methyl sites for hydroxylation is 2. The van der Waals surface area contributed by atoms with Gasteiger partial charge in [-0.1, -0.05) is 48.5 Å². The van der Waals surface area contributed by atoms with Gasteiger partial charge in [0.25, 0.3) is 0 Å². The van der Waals surface area contributed by atoms with E-state index in [1.165, 1.54) is 22.3 Å². The van der Waals surface area contributed by atoms with Gasteiger partial charge in [-0.05, 0) is 47.9 Å². The van der Waals surface area contributed by atoms with Crippen LogP contribution in [0.3, 0.4) is 0 Å². The van der Waals surface area contributed by atoms with Crippen molar-refractivity contribution in [3.63, 3.8) is 0 Å². The Morgan fingerprint density at radius 3 is 1.54 bits per heavy atom. The van der Waals surface area contributed by atoms with E-state index in [1.807, 2.05) is 12.1 Å². The largest absolute Gasteiger partial charge is 0.355 e. The van der Waals surface area contributed by atoms with Crippen molar-refractivity contribution in [1.29, 1.82) is 0 Å². The average Bonchev–Trinajstić information content (AvgIpc) is 2.70. The Hall–Kier alpha value is -2.95. The maximum absolute atomic E-state index is 12.0. The number of rotatable bonds is 2. The van der Waals surface area contributed by atoms with E-state index in [1.54, 1.807) is 0 Å². The molecule has 26 heavy (non-hydrogen) atoms. The third kappa shape index (κ3) is 3.82. The lowest BCUT2D eigenvalue weighted by molar-refractivity contribution is 0.241. The average molecular weight is 346 g/mol. The summed E-state index contributed by atoms with van der Waals surface area (Å²) in [6.07, 6.45) is 5.29. The monoisotopic (exact) mass is 346 g/mol. The van der Waals surface area contributed by atoms with E-state index >= 15 is 0 Å². The van der Waals surface area contributed by atoms with Gasteiger partial charge in [-0.2, -0.15) is 10.2 Å². The number of fused-ring (bicyclic) bond motifs is 2. The number of amides is 2. The molecule has 0 radical (unpaired) electrons. The lowest BCUT2D eigenvalue weighted by Gasteiger charge is -2.17. The Balaban J connectivity index is 1.31. The van der Waals surface area contributed by atoms with Gasteiger partial charge in [0.05, 0.1) is 0 Å². The second-order valence-electron chi connectivity index (χ2n) is 6.80. The Kier molecular flexibility index (Phi) is 4.78. The van der Waals surface area contributed by atoms with Gasteiger partial charge in [0.1, 0.15) is 0 Å². The highest BCUT2D eigenvalue weighted by Crippen LogP contribution is 2.20. The fourth-order valence-electron chi connectivity index (χ4n) is 3.60. The molecule has 0 saturated carbocycles. The van der Waals surface area contributed by atoms with Crippen molar-refractivity contribution in [3.8, 4) is 0 Å². The number of carbonyl (C=O) groups is 1. The van der Waals surface area contributed by atoms with Crippen LogP contribution in [0.5, 0.6) is 0 Å². The fraction of sp³-hybridized carbons (Fsp3) is 0.286. The van der Waals surface area contributed by atoms with Crippen molar-refractivity contribution in [3.05, 3.63) is 70.8 Å². The number of urea groups is 1. The molecule has 4 rings (SSSR count). The van der Waals surface area contributed by atoms with E-state index in [9.17, 15) is 4.79 Å². The van der Waals surface area contributed by atoms with Crippen LogP contribution >= 0.6 is 0 Å². The molecule has 0 unspecified atom stereocenters. The number of benzene rings is 2. The van der Waals surface area contributed by atoms with Crippen LogP contribution in [-0.2, 0) is 25.7 Å². The predicted octanol–water partition coefficient (Wildman–Crippen LogP) is 3.38. The minimum atomic E-state index is -0.386. The SMILES string of the molecule is O=C(N/N=C1\CCc2ccccc2C1)N/N=C1\CCc2ccccc2C1. The molecule has 2 amide bonds. The third-order valence-corrected chi connectivity index (χ3v) is 5.02. The molecule has 0 heterocycles. The highest BCUT2D eigenvalue weighted by atomic mass is 16.2. The predicted molar refractivity (Wildman–Crippen MR) is 103 cm³/mol. The van der Waals surface area contributed by atoms with Crippen LogP contribution in [0.15, 0.2) is 58.7 Å². The molecular formula is C21H22N4O. The van der Waals surface area contributed by atoms with Crippen LogP contribution in [0.2, 0.25) is 0 Å². The maximum atomic E-state index is 12.0. The zero-order valence-electron chi connectivity index (χ0n) is 14.7. The summed E-state index contributed by atoms with van der Waals surface area (Å²) in [4.78, 5) is 12.0. The third-order valence-electron chi connectivity index (χ3n) is 5.02. The molecule has 0 fully saturated rings. The number of hydrazone groups is 2. The number of nitrogens with zero attached hydrogens (tertiary/aromatic N) is 2. The molecule has 2 aliphatic rings. The van der Waals surface area contributed by atoms with E-state index < -0.39 is 0 Å². The first-order chi connectivity index (χ1) is 12.8. The quantitative estimate of drug-likeness (QED) is 0.805. The topological polar surface area (TPSA) is 65.8 Å². The van der Waals surface area contributed by atoms with Gasteiger partial charge in [0.2, 0.25) is 0 Å². The molecule has 2 aromatic carbocycles. The van der Waals surface area contributed by atoms with Crippen molar-refractivity contribution >= 4 is 17.5 Å². The van der Waals surface area contributed by atoms with Crippen LogP contribution < -0.4 is 10.9 Å². The second-order valence-corrected chi connectivity index (χ2v) is 6.80. The van der Waals surface area contributed by atoms with Crippen LogP contribution in [0.4, 0.5) is 4.79 Å². The van der Waals surface area contributed by atoms with Gasteiger partial charge < -0.3 is 0 Å². The van der Waals surface area contributed by atoms with E-state index in [4.69, 9.17) is 0 Å². The summed E-state index contributed by atoms with van der Waals surface area (Å²) in [5.74, 6) is 0. The van der Waals surface area contributed by atoms with Crippen LogP contribution in [-0.4, -0.2) is 17.5 Å². The molecule has 132 valence electrons. The lowest BCUT2D eigenvalue weighted by Crippen LogP contribution is -2.31. The highest BCUT2D eigenvalue weighted by Gasteiger charge is 2.15. The minimum Gasteiger partial charge on any atom is -0.245 e. The number of nitrogens with one attached hydrogen (secondary N) is 2. The summed E-state index contributed by atoms with van der Waals surface area (Å²) in [5, 5.41) is 8.53. The number of hydrogen-bond acceptors (Lipinski definition) is 3. The first-order valence-corrected chi connectivity index (χ1v) is 9.08. The Bertz CT molecular complexity index is 814. The second kappa shape index (κ2) is 7.52. The maximum Gasteiger partial charge on any atom is 0.355 e. The zero-order valence-corrected chi connectivity index (χ0v) is 14.7. The smallest absolute Gasteiger partial charge is 0.245 e. The van der Waals surface area contributed by atoms with Gasteiger partial charge in [-0.3, -0.25) is 0 Å². The van der Waals surface area contributed by atoms with Crippen LogP contribution in [0.25, 0.3) is 0 Å². The van der Waals surface area contributed by atoms with Gasteiger partial charge in [0.15, 0.2) is 0 Å². The summed E-state index contributed by atoms with van der Waals surface area (Å²) < 4.78 is 0. The molecule has 2 aliphatic carbocycles. The molecule has 0 spiro atoms. The van der Waals surface area contributed by atoms with Crippen molar-refractivity contribution in [2.24, 2.45) is 10.2 Å². The summed E-state index contributed by atoms with van der Waals surface area (Å²) in [6.45, 7) is 0. The van der Waals surface area contributed by atoms with E-state index in [0.29, 0.717) is 0 Å². The van der Waals surface area contributed by atoms with E-state index in [2.05, 4.69) is 57.5 Å². The van der Waals surface area contributed by atoms with E-state index in [0.717, 1.165) is 49.9 Å². The van der Waals surface area contributed by atoms with Crippen LogP contribution in [0.1, 0.15) is 35.1 Å². The summed E-state index contributed by atoms with van der Waals surface area (Å²) in [7, 11) is 0. The summed E-state index contributed by atoms with van der Waals surface area (Å²) >= 11 is 0. The molecule has 5 heteroatoms. The summed E-state index contributed by atoms with van der Waals surface area (Å²) in [5.41, 5.74) is 12.5. The molecule has 0 aromatic heterocycles. The lowest BCUT2D eigenvalue weighted by atomic mass is 9.90. The van der Waals surface area contributed by atoms with Crippen molar-refractivity contribution in [2.75, 3.05) is 0 Å². The normalized spacial score (nSPS) is 18.9. The first kappa shape index (κ1) is 16.5. The zero-order chi connectivity index (χ0) is 17.8. The Labute approximate surface area is 153 Å². The molecular weight excluding hydrogens is 324 g/mol. The first-order valence-electron chi connectivity index (χ1n) is 9.08. The van der Waals surface area contributed by atoms with Gasteiger partial charge >= 0.3 is 6.03 Å². The van der Waals surface area contributed by atoms with E-state index in [-0.39, 0.29) is 6.03 Å². The fourth-order valence-corrected chi connectivity index (χ4v) is 3.60. The van der Waals surface area contributed by atoms with Crippen LogP contribution in [0, 0.1) is 0 Å². The molecule has 0 saturated heterocycles. The molecule has 2 N–H and O–H groups in total. The molecule has 2 aromatic rings. The van der Waals surface area contributed by atoms with Gasteiger partial charge in [0, 0.05) is 24.3 Å². The Morgan fingerprint density at radius 2 is 1.08 bits per heavy atom. The van der Waals surface area contributed by atoms with Gasteiger partial charge in [-0.15, -0.1) is 0 Å². The van der Waals surface area contributed by atoms with Crippen molar-refractivity contribution < 1.29 is 4.79 Å². The number of hydrogen-bond donors (Lipinski definition) is 2. The summed E-state index contributed by atoms with van der Waals surface area (Å²) in [6, 6.07) is 16.4.